The van der Waals surface area contributed by atoms with Gasteiger partial charge in [-0.15, -0.1) is 0 Å². The summed E-state index contributed by atoms with van der Waals surface area (Å²) in [4.78, 5) is 20.3. The lowest BCUT2D eigenvalue weighted by Gasteiger charge is -2.17. The Hall–Kier alpha value is -2.82. The van der Waals surface area contributed by atoms with Crippen molar-refractivity contribution in [2.45, 2.75) is 13.0 Å². The summed E-state index contributed by atoms with van der Waals surface area (Å²) >= 11 is 0. The molecular formula is C20H20N2O3. The van der Waals surface area contributed by atoms with Crippen LogP contribution in [0.4, 0.5) is 0 Å². The van der Waals surface area contributed by atoms with Crippen LogP contribution in [-0.2, 0) is 4.84 Å². The van der Waals surface area contributed by atoms with Gasteiger partial charge in [0.15, 0.2) is 6.10 Å². The number of amides is 1. The molecule has 4 rings (SSSR count). The molecule has 2 heterocycles. The van der Waals surface area contributed by atoms with E-state index >= 15 is 0 Å². The lowest BCUT2D eigenvalue weighted by molar-refractivity contribution is 0.0631. The molecule has 2 aliphatic rings. The first kappa shape index (κ1) is 15.7. The number of benzene rings is 2. The second-order valence-electron chi connectivity index (χ2n) is 6.48. The molecule has 128 valence electrons. The van der Waals surface area contributed by atoms with E-state index in [1.165, 1.54) is 5.56 Å². The van der Waals surface area contributed by atoms with Gasteiger partial charge in [-0.25, -0.2) is 0 Å². The van der Waals surface area contributed by atoms with Crippen molar-refractivity contribution >= 4 is 11.6 Å². The van der Waals surface area contributed by atoms with Crippen LogP contribution in [0.15, 0.2) is 53.7 Å². The van der Waals surface area contributed by atoms with E-state index in [1.54, 1.807) is 13.2 Å². The highest BCUT2D eigenvalue weighted by Gasteiger charge is 2.44. The first-order valence-electron chi connectivity index (χ1n) is 8.40. The van der Waals surface area contributed by atoms with Crippen LogP contribution in [0, 0.1) is 12.8 Å². The van der Waals surface area contributed by atoms with Crippen LogP contribution in [-0.4, -0.2) is 42.8 Å². The van der Waals surface area contributed by atoms with Crippen molar-refractivity contribution in [3.8, 4) is 5.75 Å². The lowest BCUT2D eigenvalue weighted by Crippen LogP contribution is -2.30. The average molecular weight is 336 g/mol. The Morgan fingerprint density at radius 2 is 2.04 bits per heavy atom. The summed E-state index contributed by atoms with van der Waals surface area (Å²) in [5.74, 6) is 0.806. The molecule has 5 heteroatoms. The molecule has 5 nitrogen and oxygen atoms in total. The highest BCUT2D eigenvalue weighted by atomic mass is 16.6. The van der Waals surface area contributed by atoms with Crippen LogP contribution < -0.4 is 4.74 Å². The first-order chi connectivity index (χ1) is 12.2. The molecular weight excluding hydrogens is 316 g/mol. The molecule has 2 aliphatic heterocycles. The largest absolute Gasteiger partial charge is 0.497 e. The number of carbonyl (C=O) groups excluding carboxylic acids is 1. The second-order valence-corrected chi connectivity index (χ2v) is 6.48. The van der Waals surface area contributed by atoms with E-state index in [0.717, 1.165) is 11.3 Å². The van der Waals surface area contributed by atoms with E-state index in [0.29, 0.717) is 24.4 Å². The summed E-state index contributed by atoms with van der Waals surface area (Å²) in [6.45, 7) is 3.24. The summed E-state index contributed by atoms with van der Waals surface area (Å²) in [7, 11) is 1.60. The number of oxime groups is 1. The van der Waals surface area contributed by atoms with Gasteiger partial charge in [0.25, 0.3) is 5.91 Å². The SMILES string of the molecule is COc1cccc(C(=O)N2CC3ON=C(c4ccccc4C)C3C2)c1. The minimum Gasteiger partial charge on any atom is -0.497 e. The number of ether oxygens (including phenoxy) is 1. The van der Waals surface area contributed by atoms with E-state index < -0.39 is 0 Å². The van der Waals surface area contributed by atoms with E-state index in [1.807, 2.05) is 35.2 Å². The summed E-state index contributed by atoms with van der Waals surface area (Å²) in [6, 6.07) is 15.4. The van der Waals surface area contributed by atoms with Crippen LogP contribution in [0.5, 0.6) is 5.75 Å². The minimum atomic E-state index is -0.0656. The van der Waals surface area contributed by atoms with E-state index in [2.05, 4.69) is 24.2 Å². The van der Waals surface area contributed by atoms with Gasteiger partial charge in [-0.3, -0.25) is 4.79 Å². The monoisotopic (exact) mass is 336 g/mol. The fourth-order valence-corrected chi connectivity index (χ4v) is 3.55. The highest BCUT2D eigenvalue weighted by Crippen LogP contribution is 2.32. The van der Waals surface area contributed by atoms with Gasteiger partial charge in [-0.05, 0) is 30.7 Å². The molecule has 0 N–H and O–H groups in total. The van der Waals surface area contributed by atoms with Gasteiger partial charge in [0.2, 0.25) is 0 Å². The van der Waals surface area contributed by atoms with Gasteiger partial charge >= 0.3 is 0 Å². The zero-order valence-electron chi connectivity index (χ0n) is 14.3. The maximum absolute atomic E-state index is 12.8. The zero-order valence-corrected chi connectivity index (χ0v) is 14.3. The molecule has 2 aromatic rings. The molecule has 1 saturated heterocycles. The van der Waals surface area contributed by atoms with Crippen molar-refractivity contribution in [3.63, 3.8) is 0 Å². The predicted molar refractivity (Wildman–Crippen MR) is 95.0 cm³/mol. The summed E-state index contributed by atoms with van der Waals surface area (Å²) in [5.41, 5.74) is 3.85. The van der Waals surface area contributed by atoms with Gasteiger partial charge in [0, 0.05) is 17.7 Å². The third-order valence-corrected chi connectivity index (χ3v) is 4.93. The van der Waals surface area contributed by atoms with Crippen molar-refractivity contribution in [2.75, 3.05) is 20.2 Å². The van der Waals surface area contributed by atoms with Crippen molar-refractivity contribution in [2.24, 2.45) is 11.1 Å². The number of nitrogens with zero attached hydrogens (tertiary/aromatic N) is 2. The van der Waals surface area contributed by atoms with Gasteiger partial charge in [-0.2, -0.15) is 0 Å². The molecule has 1 amide bonds. The molecule has 0 bridgehead atoms. The van der Waals surface area contributed by atoms with Crippen LogP contribution in [0.2, 0.25) is 0 Å². The van der Waals surface area contributed by atoms with Crippen molar-refractivity contribution in [1.29, 1.82) is 0 Å². The molecule has 0 saturated carbocycles. The Morgan fingerprint density at radius 3 is 2.84 bits per heavy atom. The molecule has 0 radical (unpaired) electrons. The molecule has 0 aromatic heterocycles. The van der Waals surface area contributed by atoms with Gasteiger partial charge in [-0.1, -0.05) is 35.5 Å². The Bertz CT molecular complexity index is 846. The van der Waals surface area contributed by atoms with Crippen molar-refractivity contribution < 1.29 is 14.4 Å². The molecule has 0 spiro atoms. The van der Waals surface area contributed by atoms with E-state index in [4.69, 9.17) is 9.57 Å². The maximum atomic E-state index is 12.8. The normalized spacial score (nSPS) is 21.5. The summed E-state index contributed by atoms with van der Waals surface area (Å²) in [5, 5.41) is 4.30. The van der Waals surface area contributed by atoms with Crippen LogP contribution in [0.1, 0.15) is 21.5 Å². The van der Waals surface area contributed by atoms with E-state index in [-0.39, 0.29) is 17.9 Å². The number of aryl methyl sites for hydroxylation is 1. The number of fused-ring (bicyclic) bond motifs is 1. The van der Waals surface area contributed by atoms with E-state index in [9.17, 15) is 4.79 Å². The topological polar surface area (TPSA) is 51.1 Å². The number of methoxy groups -OCH3 is 1. The fraction of sp³-hybridized carbons (Fsp3) is 0.300. The van der Waals surface area contributed by atoms with Crippen LogP contribution in [0.3, 0.4) is 0 Å². The predicted octanol–water partition coefficient (Wildman–Crippen LogP) is 2.88. The number of hydrogen-bond donors (Lipinski definition) is 0. The molecule has 2 unspecified atom stereocenters. The Balaban J connectivity index is 1.54. The Morgan fingerprint density at radius 1 is 1.20 bits per heavy atom. The van der Waals surface area contributed by atoms with Gasteiger partial charge < -0.3 is 14.5 Å². The maximum Gasteiger partial charge on any atom is 0.254 e. The third kappa shape index (κ3) is 2.76. The molecule has 1 fully saturated rings. The number of carbonyl (C=O) groups is 1. The molecule has 0 aliphatic carbocycles. The van der Waals surface area contributed by atoms with Crippen LogP contribution >= 0.6 is 0 Å². The van der Waals surface area contributed by atoms with Crippen molar-refractivity contribution in [1.82, 2.24) is 4.90 Å². The highest BCUT2D eigenvalue weighted by molar-refractivity contribution is 6.05. The smallest absolute Gasteiger partial charge is 0.254 e. The second kappa shape index (κ2) is 6.24. The van der Waals surface area contributed by atoms with Crippen LogP contribution in [0.25, 0.3) is 0 Å². The molecule has 2 atom stereocenters. The summed E-state index contributed by atoms with van der Waals surface area (Å²) < 4.78 is 5.22. The molecule has 25 heavy (non-hydrogen) atoms. The van der Waals surface area contributed by atoms with Gasteiger partial charge in [0.1, 0.15) is 5.75 Å². The van der Waals surface area contributed by atoms with Gasteiger partial charge in [0.05, 0.1) is 25.3 Å². The quantitative estimate of drug-likeness (QED) is 0.866. The summed E-state index contributed by atoms with van der Waals surface area (Å²) in [6.07, 6.45) is -0.0656. The number of likely N-dealkylation sites (tertiary alicyclic amines) is 1. The average Bonchev–Trinajstić information content (AvgIpc) is 3.22. The number of rotatable bonds is 3. The number of hydrogen-bond acceptors (Lipinski definition) is 4. The fourth-order valence-electron chi connectivity index (χ4n) is 3.55. The van der Waals surface area contributed by atoms with Crippen molar-refractivity contribution in [3.05, 3.63) is 65.2 Å². The Kier molecular flexibility index (Phi) is 3.92. The first-order valence-corrected chi connectivity index (χ1v) is 8.40. The zero-order chi connectivity index (χ0) is 17.4. The Labute approximate surface area is 146 Å². The molecule has 2 aromatic carbocycles. The third-order valence-electron chi connectivity index (χ3n) is 4.93. The minimum absolute atomic E-state index is 0.000957. The lowest BCUT2D eigenvalue weighted by atomic mass is 9.92. The standard InChI is InChI=1S/C20H20N2O3/c1-13-6-3-4-9-16(13)19-17-11-22(12-18(17)25-21-19)20(23)14-7-5-8-15(10-14)24-2/h3-10,17-18H,11-12H2,1-2H3.